The molecule has 0 aromatic carbocycles. The summed E-state index contributed by atoms with van der Waals surface area (Å²) in [4.78, 5) is 26.0. The zero-order valence-corrected chi connectivity index (χ0v) is 10.9. The molecule has 2 unspecified atom stereocenters. The quantitative estimate of drug-likeness (QED) is 0.756. The number of hydrogen-bond acceptors (Lipinski definition) is 2. The van der Waals surface area contributed by atoms with Crippen LogP contribution in [0.15, 0.2) is 0 Å². The van der Waals surface area contributed by atoms with Crippen LogP contribution in [0.25, 0.3) is 0 Å². The van der Waals surface area contributed by atoms with Crippen LogP contribution in [-0.4, -0.2) is 29.2 Å². The lowest BCUT2D eigenvalue weighted by atomic mass is 9.94. The first-order valence-corrected chi connectivity index (χ1v) is 6.91. The molecule has 1 amide bonds. The van der Waals surface area contributed by atoms with E-state index in [1.54, 1.807) is 0 Å². The number of Topliss-reactive ketones (excluding diaryl/α,β-unsaturated/α-hetero) is 1. The van der Waals surface area contributed by atoms with Gasteiger partial charge < -0.3 is 4.90 Å². The fourth-order valence-corrected chi connectivity index (χ4v) is 3.24. The third-order valence-electron chi connectivity index (χ3n) is 4.02. The van der Waals surface area contributed by atoms with E-state index in [1.807, 2.05) is 4.90 Å². The zero-order valence-electron chi connectivity index (χ0n) is 10.9. The fourth-order valence-electron chi connectivity index (χ4n) is 3.24. The van der Waals surface area contributed by atoms with Gasteiger partial charge in [0.15, 0.2) is 0 Å². The second-order valence-corrected chi connectivity index (χ2v) is 5.86. The van der Waals surface area contributed by atoms with Crippen LogP contribution in [-0.2, 0) is 9.59 Å². The number of hydrogen-bond donors (Lipinski definition) is 0. The number of carbonyl (C=O) groups excluding carboxylic acids is 2. The van der Waals surface area contributed by atoms with Crippen LogP contribution in [0.1, 0.15) is 52.4 Å². The molecule has 3 heteroatoms. The van der Waals surface area contributed by atoms with E-state index in [9.17, 15) is 9.59 Å². The van der Waals surface area contributed by atoms with Crippen molar-refractivity contribution in [2.45, 2.75) is 58.4 Å². The summed E-state index contributed by atoms with van der Waals surface area (Å²) < 4.78 is 0. The highest BCUT2D eigenvalue weighted by Crippen LogP contribution is 2.33. The highest BCUT2D eigenvalue weighted by molar-refractivity contribution is 5.85. The van der Waals surface area contributed by atoms with Crippen LogP contribution < -0.4 is 0 Å². The van der Waals surface area contributed by atoms with Gasteiger partial charge in [-0.05, 0) is 31.6 Å². The van der Waals surface area contributed by atoms with E-state index < -0.39 is 0 Å². The zero-order chi connectivity index (χ0) is 12.4. The number of likely N-dealkylation sites (tertiary alicyclic amines) is 1. The van der Waals surface area contributed by atoms with Gasteiger partial charge in [0.05, 0.1) is 0 Å². The van der Waals surface area contributed by atoms with E-state index in [0.29, 0.717) is 18.1 Å². The molecule has 0 radical (unpaired) electrons. The van der Waals surface area contributed by atoms with Crippen LogP contribution in [0.2, 0.25) is 0 Å². The van der Waals surface area contributed by atoms with Crippen LogP contribution in [0, 0.1) is 11.8 Å². The molecule has 96 valence electrons. The summed E-state index contributed by atoms with van der Waals surface area (Å²) in [6.07, 6.45) is 5.46. The molecule has 0 aromatic heterocycles. The minimum atomic E-state index is 0.147. The van der Waals surface area contributed by atoms with Crippen molar-refractivity contribution in [1.29, 1.82) is 0 Å². The lowest BCUT2D eigenvalue weighted by Gasteiger charge is -2.29. The van der Waals surface area contributed by atoms with Gasteiger partial charge >= 0.3 is 0 Å². The lowest BCUT2D eigenvalue weighted by molar-refractivity contribution is -0.135. The molecule has 0 spiro atoms. The first kappa shape index (κ1) is 12.6. The minimum absolute atomic E-state index is 0.147. The normalized spacial score (nSPS) is 29.4. The van der Waals surface area contributed by atoms with E-state index in [2.05, 4.69) is 13.8 Å². The molecule has 1 saturated carbocycles. The highest BCUT2D eigenvalue weighted by atomic mass is 16.2. The third-order valence-corrected chi connectivity index (χ3v) is 4.02. The molecule has 2 aliphatic rings. The van der Waals surface area contributed by atoms with E-state index in [4.69, 9.17) is 0 Å². The maximum atomic E-state index is 12.1. The van der Waals surface area contributed by atoms with Crippen LogP contribution >= 0.6 is 0 Å². The number of ketones is 1. The van der Waals surface area contributed by atoms with Gasteiger partial charge in [0.25, 0.3) is 0 Å². The van der Waals surface area contributed by atoms with E-state index in [0.717, 1.165) is 38.6 Å². The van der Waals surface area contributed by atoms with Gasteiger partial charge in [-0.2, -0.15) is 0 Å². The van der Waals surface area contributed by atoms with Crippen molar-refractivity contribution in [2.75, 3.05) is 6.54 Å². The monoisotopic (exact) mass is 237 g/mol. The van der Waals surface area contributed by atoms with Crippen LogP contribution in [0.4, 0.5) is 0 Å². The molecular weight excluding hydrogens is 214 g/mol. The average molecular weight is 237 g/mol. The predicted molar refractivity (Wildman–Crippen MR) is 66.5 cm³/mol. The first-order valence-electron chi connectivity index (χ1n) is 6.91. The van der Waals surface area contributed by atoms with Gasteiger partial charge in [-0.3, -0.25) is 9.59 Å². The molecule has 1 heterocycles. The van der Waals surface area contributed by atoms with Crippen molar-refractivity contribution in [3.63, 3.8) is 0 Å². The Balaban J connectivity index is 2.01. The third kappa shape index (κ3) is 2.70. The van der Waals surface area contributed by atoms with Crippen molar-refractivity contribution in [1.82, 2.24) is 4.90 Å². The Morgan fingerprint density at radius 3 is 2.71 bits per heavy atom. The maximum absolute atomic E-state index is 12.1. The number of rotatable bonds is 3. The first-order chi connectivity index (χ1) is 8.09. The Labute approximate surface area is 104 Å². The number of nitrogens with zero attached hydrogens (tertiary/aromatic N) is 1. The standard InChI is InChI=1S/C14H23NO2/c1-10(2)9-14(17)15-8-4-6-12(15)11-5-3-7-13(11)16/h10-12H,3-9H2,1-2H3. The SMILES string of the molecule is CC(C)CC(=O)N1CCCC1C1CCCC1=O. The van der Waals surface area contributed by atoms with Crippen LogP contribution in [0.5, 0.6) is 0 Å². The number of amides is 1. The summed E-state index contributed by atoms with van der Waals surface area (Å²) in [6, 6.07) is 0.219. The van der Waals surface area contributed by atoms with Gasteiger partial charge in [-0.25, -0.2) is 0 Å². The summed E-state index contributed by atoms with van der Waals surface area (Å²) in [6.45, 7) is 5.01. The fraction of sp³-hybridized carbons (Fsp3) is 0.857. The van der Waals surface area contributed by atoms with Crippen molar-refractivity contribution in [3.8, 4) is 0 Å². The van der Waals surface area contributed by atoms with Gasteiger partial charge in [-0.15, -0.1) is 0 Å². The summed E-state index contributed by atoms with van der Waals surface area (Å²) in [7, 11) is 0. The summed E-state index contributed by atoms with van der Waals surface area (Å²) >= 11 is 0. The Morgan fingerprint density at radius 1 is 1.35 bits per heavy atom. The van der Waals surface area contributed by atoms with Gasteiger partial charge in [0, 0.05) is 31.3 Å². The molecule has 1 aliphatic heterocycles. The smallest absolute Gasteiger partial charge is 0.223 e. The molecule has 0 bridgehead atoms. The molecule has 2 fully saturated rings. The highest BCUT2D eigenvalue weighted by Gasteiger charge is 2.39. The molecule has 0 aromatic rings. The molecule has 2 rings (SSSR count). The van der Waals surface area contributed by atoms with Crippen molar-refractivity contribution in [3.05, 3.63) is 0 Å². The van der Waals surface area contributed by atoms with Crippen molar-refractivity contribution >= 4 is 11.7 Å². The molecule has 3 nitrogen and oxygen atoms in total. The maximum Gasteiger partial charge on any atom is 0.223 e. The summed E-state index contributed by atoms with van der Waals surface area (Å²) in [5.41, 5.74) is 0. The Morgan fingerprint density at radius 2 is 2.12 bits per heavy atom. The summed E-state index contributed by atoms with van der Waals surface area (Å²) in [5.74, 6) is 1.19. The van der Waals surface area contributed by atoms with E-state index in [1.165, 1.54) is 0 Å². The van der Waals surface area contributed by atoms with Gasteiger partial charge in [0.2, 0.25) is 5.91 Å². The second-order valence-electron chi connectivity index (χ2n) is 5.86. The second kappa shape index (κ2) is 5.19. The Kier molecular flexibility index (Phi) is 3.85. The lowest BCUT2D eigenvalue weighted by Crippen LogP contribution is -2.41. The Bertz CT molecular complexity index is 311. The molecule has 17 heavy (non-hydrogen) atoms. The van der Waals surface area contributed by atoms with Crippen molar-refractivity contribution in [2.24, 2.45) is 11.8 Å². The molecule has 2 atom stereocenters. The van der Waals surface area contributed by atoms with Gasteiger partial charge in [0.1, 0.15) is 5.78 Å². The average Bonchev–Trinajstić information content (AvgIpc) is 2.83. The van der Waals surface area contributed by atoms with Crippen molar-refractivity contribution < 1.29 is 9.59 Å². The molecule has 0 N–H and O–H groups in total. The topological polar surface area (TPSA) is 37.4 Å². The summed E-state index contributed by atoms with van der Waals surface area (Å²) in [5, 5.41) is 0. The number of carbonyl (C=O) groups is 2. The van der Waals surface area contributed by atoms with Gasteiger partial charge in [-0.1, -0.05) is 13.8 Å². The minimum Gasteiger partial charge on any atom is -0.339 e. The Hall–Kier alpha value is -0.860. The van der Waals surface area contributed by atoms with Crippen LogP contribution in [0.3, 0.4) is 0 Å². The molecular formula is C14H23NO2. The van der Waals surface area contributed by atoms with E-state index >= 15 is 0 Å². The molecule has 1 aliphatic carbocycles. The largest absolute Gasteiger partial charge is 0.339 e. The van der Waals surface area contributed by atoms with E-state index in [-0.39, 0.29) is 17.9 Å². The predicted octanol–water partition coefficient (Wildman–Crippen LogP) is 2.39. The molecule has 1 saturated heterocycles.